The van der Waals surface area contributed by atoms with Crippen LogP contribution in [0, 0.1) is 0 Å². The summed E-state index contributed by atoms with van der Waals surface area (Å²) in [6.07, 6.45) is 4.67. The van der Waals surface area contributed by atoms with Gasteiger partial charge in [-0.2, -0.15) is 0 Å². The lowest BCUT2D eigenvalue weighted by Gasteiger charge is -2.22. The molecule has 0 aliphatic heterocycles. The van der Waals surface area contributed by atoms with Crippen LogP contribution >= 0.6 is 38.9 Å². The number of nitrogens with zero attached hydrogens (tertiary/aromatic N) is 1. The molecule has 0 saturated carbocycles. The molecule has 0 fully saturated rings. The summed E-state index contributed by atoms with van der Waals surface area (Å²) in [5.74, 6) is 0. The van der Waals surface area contributed by atoms with E-state index >= 15 is 0 Å². The summed E-state index contributed by atoms with van der Waals surface area (Å²) >= 11 is 11.7. The third-order valence-electron chi connectivity index (χ3n) is 3.75. The van der Waals surface area contributed by atoms with E-state index in [1.165, 1.54) is 23.4 Å². The minimum absolute atomic E-state index is 0.464. The maximum absolute atomic E-state index is 6.34. The van der Waals surface area contributed by atoms with Crippen molar-refractivity contribution in [2.45, 2.75) is 38.6 Å². The number of hydrogen-bond acceptors (Lipinski definition) is 3. The van der Waals surface area contributed by atoms with Crippen LogP contribution in [0.1, 0.15) is 42.8 Å². The molecule has 1 atom stereocenters. The van der Waals surface area contributed by atoms with Gasteiger partial charge in [0.1, 0.15) is 5.01 Å². The van der Waals surface area contributed by atoms with Crippen molar-refractivity contribution < 1.29 is 0 Å². The third kappa shape index (κ3) is 3.34. The van der Waals surface area contributed by atoms with Crippen LogP contribution in [0.25, 0.3) is 10.6 Å². The van der Waals surface area contributed by atoms with Gasteiger partial charge in [-0.25, -0.2) is 4.98 Å². The van der Waals surface area contributed by atoms with Crippen LogP contribution in [0.5, 0.6) is 0 Å². The number of halogens is 2. The van der Waals surface area contributed by atoms with Crippen molar-refractivity contribution in [3.8, 4) is 10.6 Å². The Hall–Kier alpha value is -0.420. The molecule has 0 amide bonds. The van der Waals surface area contributed by atoms with Gasteiger partial charge >= 0.3 is 0 Å². The highest BCUT2D eigenvalue weighted by molar-refractivity contribution is 9.10. The van der Waals surface area contributed by atoms with Gasteiger partial charge in [0.05, 0.1) is 10.7 Å². The number of aryl methyl sites for hydroxylation is 1. The molecule has 0 bridgehead atoms. The van der Waals surface area contributed by atoms with Crippen molar-refractivity contribution >= 4 is 38.9 Å². The summed E-state index contributed by atoms with van der Waals surface area (Å²) in [5.41, 5.74) is 2.28. The average Bonchev–Trinajstić information content (AvgIpc) is 2.92. The zero-order chi connectivity index (χ0) is 14.8. The van der Waals surface area contributed by atoms with Gasteiger partial charge in [-0.1, -0.05) is 34.5 Å². The zero-order valence-corrected chi connectivity index (χ0v) is 15.1. The van der Waals surface area contributed by atoms with E-state index in [4.69, 9.17) is 16.6 Å². The maximum atomic E-state index is 6.34. The Morgan fingerprint density at radius 1 is 1.48 bits per heavy atom. The van der Waals surface area contributed by atoms with Crippen molar-refractivity contribution in [3.05, 3.63) is 38.3 Å². The summed E-state index contributed by atoms with van der Waals surface area (Å²) in [4.78, 5) is 6.26. The van der Waals surface area contributed by atoms with Crippen molar-refractivity contribution in [2.24, 2.45) is 0 Å². The Morgan fingerprint density at radius 2 is 2.33 bits per heavy atom. The van der Waals surface area contributed by atoms with Crippen LogP contribution in [0.2, 0.25) is 5.02 Å². The molecule has 2 aromatic rings. The minimum Gasteiger partial charge on any atom is -0.309 e. The van der Waals surface area contributed by atoms with Crippen molar-refractivity contribution in [1.82, 2.24) is 10.3 Å². The lowest BCUT2D eigenvalue weighted by molar-refractivity contribution is 0.465. The second-order valence-electron chi connectivity index (χ2n) is 5.35. The summed E-state index contributed by atoms with van der Waals surface area (Å²) in [5, 5.41) is 5.45. The van der Waals surface area contributed by atoms with E-state index in [0.717, 1.165) is 39.5 Å². The zero-order valence-electron chi connectivity index (χ0n) is 12.0. The van der Waals surface area contributed by atoms with Crippen LogP contribution in [0.4, 0.5) is 0 Å². The molecule has 1 N–H and O–H groups in total. The Labute approximate surface area is 143 Å². The molecule has 1 unspecified atom stereocenters. The van der Waals surface area contributed by atoms with Crippen molar-refractivity contribution in [2.75, 3.05) is 6.54 Å². The first-order chi connectivity index (χ1) is 10.2. The predicted molar refractivity (Wildman–Crippen MR) is 94.2 cm³/mol. The number of rotatable bonds is 4. The number of aromatic nitrogens is 1. The van der Waals surface area contributed by atoms with E-state index in [1.54, 1.807) is 11.3 Å². The van der Waals surface area contributed by atoms with Gasteiger partial charge in [0.15, 0.2) is 0 Å². The molecule has 0 spiro atoms. The van der Waals surface area contributed by atoms with E-state index < -0.39 is 0 Å². The Bertz CT molecular complexity index is 641. The topological polar surface area (TPSA) is 24.9 Å². The van der Waals surface area contributed by atoms with Crippen molar-refractivity contribution in [1.29, 1.82) is 0 Å². The molecular formula is C16H18BrClN2S. The van der Waals surface area contributed by atoms with Gasteiger partial charge < -0.3 is 5.32 Å². The quantitative estimate of drug-likeness (QED) is 0.740. The van der Waals surface area contributed by atoms with Gasteiger partial charge in [-0.15, -0.1) is 11.3 Å². The largest absolute Gasteiger partial charge is 0.309 e. The summed E-state index contributed by atoms with van der Waals surface area (Å²) in [7, 11) is 0. The number of benzene rings is 1. The number of thiazole rings is 1. The molecule has 3 rings (SSSR count). The van der Waals surface area contributed by atoms with E-state index in [1.807, 2.05) is 12.1 Å². The minimum atomic E-state index is 0.464. The third-order valence-corrected chi connectivity index (χ3v) is 5.82. The second-order valence-corrected chi connectivity index (χ2v) is 7.71. The number of nitrogens with one attached hydrogen (secondary N) is 1. The molecule has 1 aliphatic rings. The average molecular weight is 386 g/mol. The monoisotopic (exact) mass is 384 g/mol. The van der Waals surface area contributed by atoms with E-state index in [-0.39, 0.29) is 0 Å². The molecule has 2 nitrogen and oxygen atoms in total. The fraction of sp³-hybridized carbons (Fsp3) is 0.438. The van der Waals surface area contributed by atoms with Gasteiger partial charge in [0.2, 0.25) is 0 Å². The van der Waals surface area contributed by atoms with E-state index in [9.17, 15) is 0 Å². The molecule has 1 heterocycles. The van der Waals surface area contributed by atoms with Gasteiger partial charge in [-0.05, 0) is 50.4 Å². The SMILES string of the molecule is CCCNC1CCCc2nc(-c3cc(Br)ccc3Cl)sc21. The first-order valence-electron chi connectivity index (χ1n) is 7.37. The number of fused-ring (bicyclic) bond motifs is 1. The molecule has 112 valence electrons. The first-order valence-corrected chi connectivity index (χ1v) is 9.36. The molecule has 1 aromatic heterocycles. The number of hydrogen-bond donors (Lipinski definition) is 1. The van der Waals surface area contributed by atoms with Crippen LogP contribution in [-0.2, 0) is 6.42 Å². The van der Waals surface area contributed by atoms with E-state index in [2.05, 4.69) is 34.2 Å². The normalized spacial score (nSPS) is 17.8. The smallest absolute Gasteiger partial charge is 0.125 e. The summed E-state index contributed by atoms with van der Waals surface area (Å²) in [6, 6.07) is 6.41. The molecule has 1 aromatic carbocycles. The van der Waals surface area contributed by atoms with Crippen LogP contribution in [0.15, 0.2) is 22.7 Å². The molecule has 5 heteroatoms. The van der Waals surface area contributed by atoms with E-state index in [0.29, 0.717) is 6.04 Å². The summed E-state index contributed by atoms with van der Waals surface area (Å²) in [6.45, 7) is 3.27. The lowest BCUT2D eigenvalue weighted by Crippen LogP contribution is -2.24. The van der Waals surface area contributed by atoms with Crippen LogP contribution in [0.3, 0.4) is 0 Å². The molecule has 1 aliphatic carbocycles. The second kappa shape index (κ2) is 6.78. The van der Waals surface area contributed by atoms with Gasteiger partial charge in [0, 0.05) is 21.0 Å². The van der Waals surface area contributed by atoms with Gasteiger partial charge in [-0.3, -0.25) is 0 Å². The maximum Gasteiger partial charge on any atom is 0.125 e. The van der Waals surface area contributed by atoms with Crippen LogP contribution < -0.4 is 5.32 Å². The predicted octanol–water partition coefficient (Wildman–Crippen LogP) is 5.60. The lowest BCUT2D eigenvalue weighted by atomic mass is 9.98. The molecule has 21 heavy (non-hydrogen) atoms. The molecule has 0 radical (unpaired) electrons. The molecular weight excluding hydrogens is 368 g/mol. The Morgan fingerprint density at radius 3 is 3.14 bits per heavy atom. The summed E-state index contributed by atoms with van der Waals surface area (Å²) < 4.78 is 1.04. The molecule has 0 saturated heterocycles. The first kappa shape index (κ1) is 15.5. The van der Waals surface area contributed by atoms with Gasteiger partial charge in [0.25, 0.3) is 0 Å². The fourth-order valence-electron chi connectivity index (χ4n) is 2.71. The Balaban J connectivity index is 1.96. The van der Waals surface area contributed by atoms with Crippen molar-refractivity contribution in [3.63, 3.8) is 0 Å². The highest BCUT2D eigenvalue weighted by atomic mass is 79.9. The highest BCUT2D eigenvalue weighted by Crippen LogP contribution is 2.40. The Kier molecular flexibility index (Phi) is 4.99. The standard InChI is InChI=1S/C16H18BrClN2S/c1-2-8-19-13-4-3-5-14-15(13)21-16(20-14)11-9-10(17)6-7-12(11)18/h6-7,9,13,19H,2-5,8H2,1H3. The van der Waals surface area contributed by atoms with Crippen LogP contribution in [-0.4, -0.2) is 11.5 Å². The highest BCUT2D eigenvalue weighted by Gasteiger charge is 2.25. The fourth-order valence-corrected chi connectivity index (χ4v) is 4.59.